The molecule has 0 bridgehead atoms. The highest BCUT2D eigenvalue weighted by Gasteiger charge is 2.35. The SMILES string of the molecule is Cc1c([C@H]2c3nc[nH]c3CCN2Cc2ccc(CO)o2)oc2ccccc12. The number of aromatic amines is 1. The van der Waals surface area contributed by atoms with Gasteiger partial charge in [-0.1, -0.05) is 18.2 Å². The number of aryl methyl sites for hydroxylation is 1. The average molecular weight is 363 g/mol. The molecule has 1 atom stereocenters. The number of nitrogens with one attached hydrogen (secondary N) is 1. The second-order valence-electron chi connectivity index (χ2n) is 7.00. The van der Waals surface area contributed by atoms with Gasteiger partial charge in [-0.3, -0.25) is 4.90 Å². The van der Waals surface area contributed by atoms with Crippen LogP contribution in [-0.4, -0.2) is 26.5 Å². The normalized spacial score (nSPS) is 17.5. The Hall–Kier alpha value is -2.83. The summed E-state index contributed by atoms with van der Waals surface area (Å²) < 4.78 is 12.0. The second kappa shape index (κ2) is 6.40. The van der Waals surface area contributed by atoms with E-state index in [0.717, 1.165) is 52.4 Å². The molecule has 3 aromatic heterocycles. The van der Waals surface area contributed by atoms with E-state index in [1.54, 1.807) is 6.33 Å². The van der Waals surface area contributed by atoms with Gasteiger partial charge in [-0.15, -0.1) is 0 Å². The zero-order valence-electron chi connectivity index (χ0n) is 15.1. The smallest absolute Gasteiger partial charge is 0.134 e. The van der Waals surface area contributed by atoms with Crippen LogP contribution in [0.5, 0.6) is 0 Å². The second-order valence-corrected chi connectivity index (χ2v) is 7.00. The quantitative estimate of drug-likeness (QED) is 0.578. The number of aliphatic hydroxyl groups excluding tert-OH is 1. The minimum atomic E-state index is -0.0877. The predicted octanol–water partition coefficient (Wildman–Crippen LogP) is 3.70. The van der Waals surface area contributed by atoms with Crippen molar-refractivity contribution in [3.8, 4) is 0 Å². The number of imidazole rings is 1. The van der Waals surface area contributed by atoms with Gasteiger partial charge >= 0.3 is 0 Å². The van der Waals surface area contributed by atoms with Crippen molar-refractivity contribution in [3.63, 3.8) is 0 Å². The topological polar surface area (TPSA) is 78.4 Å². The molecular weight excluding hydrogens is 342 g/mol. The number of fused-ring (bicyclic) bond motifs is 2. The van der Waals surface area contributed by atoms with Crippen LogP contribution >= 0.6 is 0 Å². The van der Waals surface area contributed by atoms with E-state index in [1.807, 2.05) is 30.3 Å². The van der Waals surface area contributed by atoms with E-state index in [9.17, 15) is 5.11 Å². The first-order chi connectivity index (χ1) is 13.2. The fourth-order valence-corrected chi connectivity index (χ4v) is 4.03. The Balaban J connectivity index is 1.59. The van der Waals surface area contributed by atoms with Crippen molar-refractivity contribution in [3.05, 3.63) is 77.0 Å². The number of hydrogen-bond donors (Lipinski definition) is 2. The third-order valence-corrected chi connectivity index (χ3v) is 5.39. The number of furan rings is 2. The van der Waals surface area contributed by atoms with Crippen molar-refractivity contribution < 1.29 is 13.9 Å². The number of H-pyrrole nitrogens is 1. The number of aliphatic hydroxyl groups is 1. The third kappa shape index (κ3) is 2.69. The summed E-state index contributed by atoms with van der Waals surface area (Å²) >= 11 is 0. The molecule has 138 valence electrons. The fourth-order valence-electron chi connectivity index (χ4n) is 4.03. The number of para-hydroxylation sites is 1. The lowest BCUT2D eigenvalue weighted by atomic mass is 9.97. The highest BCUT2D eigenvalue weighted by atomic mass is 16.4. The Bertz CT molecular complexity index is 1090. The number of hydrogen-bond acceptors (Lipinski definition) is 5. The number of benzene rings is 1. The molecule has 0 radical (unpaired) electrons. The summed E-state index contributed by atoms with van der Waals surface area (Å²) in [6.07, 6.45) is 2.66. The van der Waals surface area contributed by atoms with Crippen LogP contribution in [0.1, 0.15) is 40.3 Å². The molecule has 1 aliphatic rings. The third-order valence-electron chi connectivity index (χ3n) is 5.39. The van der Waals surface area contributed by atoms with Gasteiger partial charge in [-0.05, 0) is 25.1 Å². The number of aromatic nitrogens is 2. The van der Waals surface area contributed by atoms with Crippen LogP contribution in [0.25, 0.3) is 11.0 Å². The van der Waals surface area contributed by atoms with Crippen LogP contribution in [0.15, 0.2) is 51.6 Å². The molecule has 0 saturated heterocycles. The van der Waals surface area contributed by atoms with Crippen molar-refractivity contribution in [2.45, 2.75) is 32.5 Å². The molecule has 0 spiro atoms. The van der Waals surface area contributed by atoms with E-state index in [0.29, 0.717) is 12.3 Å². The molecule has 6 heteroatoms. The average Bonchev–Trinajstić information content (AvgIpc) is 3.41. The summed E-state index contributed by atoms with van der Waals surface area (Å²) in [5.41, 5.74) is 4.21. The molecule has 0 unspecified atom stereocenters. The highest BCUT2D eigenvalue weighted by molar-refractivity contribution is 5.82. The van der Waals surface area contributed by atoms with Gasteiger partial charge in [0.2, 0.25) is 0 Å². The zero-order valence-corrected chi connectivity index (χ0v) is 15.1. The summed E-state index contributed by atoms with van der Waals surface area (Å²) in [5.74, 6) is 2.34. The summed E-state index contributed by atoms with van der Waals surface area (Å²) in [6.45, 7) is 3.52. The molecule has 6 nitrogen and oxygen atoms in total. The van der Waals surface area contributed by atoms with Gasteiger partial charge in [-0.25, -0.2) is 4.98 Å². The molecule has 0 fully saturated rings. The van der Waals surface area contributed by atoms with Gasteiger partial charge in [0, 0.05) is 29.6 Å². The first-order valence-electron chi connectivity index (χ1n) is 9.17. The van der Waals surface area contributed by atoms with Crippen LogP contribution in [0.4, 0.5) is 0 Å². The first kappa shape index (κ1) is 16.4. The highest BCUT2D eigenvalue weighted by Crippen LogP contribution is 2.39. The van der Waals surface area contributed by atoms with Crippen LogP contribution in [-0.2, 0) is 19.6 Å². The fraction of sp³-hybridized carbons (Fsp3) is 0.286. The molecule has 0 aliphatic carbocycles. The molecule has 0 amide bonds. The molecular formula is C21H21N3O3. The van der Waals surface area contributed by atoms with Crippen molar-refractivity contribution >= 4 is 11.0 Å². The largest absolute Gasteiger partial charge is 0.462 e. The molecule has 2 N–H and O–H groups in total. The van der Waals surface area contributed by atoms with E-state index >= 15 is 0 Å². The van der Waals surface area contributed by atoms with Crippen LogP contribution in [0.2, 0.25) is 0 Å². The van der Waals surface area contributed by atoms with E-state index < -0.39 is 0 Å². The zero-order chi connectivity index (χ0) is 18.4. The van der Waals surface area contributed by atoms with Crippen molar-refractivity contribution in [2.24, 2.45) is 0 Å². The van der Waals surface area contributed by atoms with E-state index in [2.05, 4.69) is 27.9 Å². The lowest BCUT2D eigenvalue weighted by Crippen LogP contribution is -2.35. The number of rotatable bonds is 4. The lowest BCUT2D eigenvalue weighted by molar-refractivity contribution is 0.163. The molecule has 4 aromatic rings. The molecule has 5 rings (SSSR count). The van der Waals surface area contributed by atoms with E-state index in [-0.39, 0.29) is 12.6 Å². The summed E-state index contributed by atoms with van der Waals surface area (Å²) in [4.78, 5) is 10.2. The van der Waals surface area contributed by atoms with Crippen molar-refractivity contribution in [1.29, 1.82) is 0 Å². The maximum atomic E-state index is 9.27. The summed E-state index contributed by atoms with van der Waals surface area (Å²) in [6, 6.07) is 11.8. The Morgan fingerprint density at radius 1 is 1.19 bits per heavy atom. The minimum Gasteiger partial charge on any atom is -0.462 e. The summed E-state index contributed by atoms with van der Waals surface area (Å²) in [5, 5.41) is 10.4. The van der Waals surface area contributed by atoms with Crippen molar-refractivity contribution in [1.82, 2.24) is 14.9 Å². The predicted molar refractivity (Wildman–Crippen MR) is 100 cm³/mol. The van der Waals surface area contributed by atoms with Gasteiger partial charge in [0.05, 0.1) is 18.6 Å². The molecule has 0 saturated carbocycles. The van der Waals surface area contributed by atoms with Gasteiger partial charge < -0.3 is 18.9 Å². The molecule has 1 aliphatic heterocycles. The van der Waals surface area contributed by atoms with Crippen LogP contribution in [0.3, 0.4) is 0 Å². The lowest BCUT2D eigenvalue weighted by Gasteiger charge is -2.33. The Kier molecular flexibility index (Phi) is 3.88. The Morgan fingerprint density at radius 2 is 2.04 bits per heavy atom. The van der Waals surface area contributed by atoms with Gasteiger partial charge in [0.15, 0.2) is 0 Å². The molecule has 4 heterocycles. The standard InChI is InChI=1S/C21H21N3O3/c1-13-16-4-2-3-5-18(16)27-21(13)20-19-17(22-12-23-19)8-9-24(20)10-14-6-7-15(11-25)26-14/h2-7,12,20,25H,8-11H2,1H3,(H,22,23)/t20-/m1/s1. The summed E-state index contributed by atoms with van der Waals surface area (Å²) in [7, 11) is 0. The minimum absolute atomic E-state index is 0.0740. The van der Waals surface area contributed by atoms with Crippen LogP contribution < -0.4 is 0 Å². The maximum absolute atomic E-state index is 9.27. The molecule has 27 heavy (non-hydrogen) atoms. The van der Waals surface area contributed by atoms with Gasteiger partial charge in [0.1, 0.15) is 35.5 Å². The number of nitrogens with zero attached hydrogens (tertiary/aromatic N) is 2. The Labute approximate surface area is 156 Å². The monoisotopic (exact) mass is 363 g/mol. The van der Waals surface area contributed by atoms with E-state index in [1.165, 1.54) is 0 Å². The molecule has 1 aromatic carbocycles. The van der Waals surface area contributed by atoms with Crippen LogP contribution in [0, 0.1) is 6.92 Å². The first-order valence-corrected chi connectivity index (χ1v) is 9.17. The maximum Gasteiger partial charge on any atom is 0.134 e. The van der Waals surface area contributed by atoms with Crippen molar-refractivity contribution in [2.75, 3.05) is 6.54 Å². The Morgan fingerprint density at radius 3 is 2.85 bits per heavy atom. The van der Waals surface area contributed by atoms with Gasteiger partial charge in [0.25, 0.3) is 0 Å². The van der Waals surface area contributed by atoms with E-state index in [4.69, 9.17) is 8.83 Å². The van der Waals surface area contributed by atoms with Gasteiger partial charge in [-0.2, -0.15) is 0 Å².